The van der Waals surface area contributed by atoms with E-state index in [1.54, 1.807) is 57.6 Å². The Hall–Kier alpha value is -3.00. The Morgan fingerprint density at radius 1 is 1.03 bits per heavy atom. The first-order valence-corrected chi connectivity index (χ1v) is 9.80. The van der Waals surface area contributed by atoms with E-state index in [0.717, 1.165) is 22.2 Å². The molecular weight excluding hydrogens is 390 g/mol. The fourth-order valence-electron chi connectivity index (χ4n) is 2.53. The van der Waals surface area contributed by atoms with E-state index in [1.165, 1.54) is 11.8 Å². The van der Waals surface area contributed by atoms with Crippen LogP contribution < -0.4 is 15.4 Å². The van der Waals surface area contributed by atoms with Gasteiger partial charge >= 0.3 is 0 Å². The molecule has 0 aromatic heterocycles. The summed E-state index contributed by atoms with van der Waals surface area (Å²) in [5.74, 6) is 0.250. The number of rotatable bonds is 7. The number of hydrogen-bond donors (Lipinski definition) is 2. The van der Waals surface area contributed by atoms with Gasteiger partial charge in [-0.05, 0) is 53.7 Å². The molecule has 3 amide bonds. The second-order valence-electron chi connectivity index (χ2n) is 6.57. The Morgan fingerprint density at radius 3 is 2.17 bits per heavy atom. The average molecular weight is 416 g/mol. The van der Waals surface area contributed by atoms with Crippen LogP contribution in [0.4, 0.5) is 10.5 Å². The van der Waals surface area contributed by atoms with Gasteiger partial charge in [0, 0.05) is 31.6 Å². The number of benzene rings is 2. The lowest BCUT2D eigenvalue weighted by molar-refractivity contribution is -0.120. The van der Waals surface area contributed by atoms with Gasteiger partial charge in [-0.2, -0.15) is 0 Å². The molecule has 1 unspecified atom stereocenters. The summed E-state index contributed by atoms with van der Waals surface area (Å²) >= 11 is 1.11. The molecule has 2 aromatic carbocycles. The van der Waals surface area contributed by atoms with Crippen molar-refractivity contribution in [3.05, 3.63) is 54.1 Å². The minimum absolute atomic E-state index is 0.0700. The number of carbonyl (C=O) groups excluding carboxylic acids is 3. The highest BCUT2D eigenvalue weighted by Crippen LogP contribution is 2.24. The number of carbonyl (C=O) groups is 3. The van der Waals surface area contributed by atoms with Crippen LogP contribution in [0, 0.1) is 0 Å². The Bertz CT molecular complexity index is 851. The molecule has 7 nitrogen and oxygen atoms in total. The van der Waals surface area contributed by atoms with E-state index in [-0.39, 0.29) is 23.5 Å². The minimum Gasteiger partial charge on any atom is -0.497 e. The van der Waals surface area contributed by atoms with Crippen molar-refractivity contribution in [2.45, 2.75) is 24.3 Å². The van der Waals surface area contributed by atoms with Gasteiger partial charge in [-0.15, -0.1) is 0 Å². The van der Waals surface area contributed by atoms with Crippen molar-refractivity contribution in [1.82, 2.24) is 10.2 Å². The van der Waals surface area contributed by atoms with Gasteiger partial charge in [0.05, 0.1) is 19.6 Å². The largest absolute Gasteiger partial charge is 0.497 e. The number of thioether (sulfide) groups is 1. The molecule has 154 valence electrons. The molecule has 0 saturated carbocycles. The molecule has 29 heavy (non-hydrogen) atoms. The first kappa shape index (κ1) is 22.3. The molecule has 0 fully saturated rings. The molecule has 0 radical (unpaired) electrons. The molecule has 0 bridgehead atoms. The summed E-state index contributed by atoms with van der Waals surface area (Å²) in [6, 6.07) is 13.8. The van der Waals surface area contributed by atoms with Gasteiger partial charge in [0.1, 0.15) is 5.75 Å². The van der Waals surface area contributed by atoms with Crippen LogP contribution in [0.5, 0.6) is 5.75 Å². The van der Waals surface area contributed by atoms with Gasteiger partial charge in [0.2, 0.25) is 11.8 Å². The van der Waals surface area contributed by atoms with Crippen LogP contribution in [-0.2, 0) is 9.59 Å². The highest BCUT2D eigenvalue weighted by atomic mass is 32.2. The summed E-state index contributed by atoms with van der Waals surface area (Å²) < 4.78 is 5.14. The SMILES string of the molecule is COc1ccc(C(CC(=O)Nc2ccc(SC(=O)N(C)C)cc2)NC(C)=O)cc1. The molecular formula is C21H25N3O4S. The van der Waals surface area contributed by atoms with Crippen molar-refractivity contribution in [1.29, 1.82) is 0 Å². The Kier molecular flexibility index (Phi) is 8.09. The van der Waals surface area contributed by atoms with E-state index in [9.17, 15) is 14.4 Å². The highest BCUT2D eigenvalue weighted by Gasteiger charge is 2.17. The van der Waals surface area contributed by atoms with E-state index in [0.29, 0.717) is 11.4 Å². The summed E-state index contributed by atoms with van der Waals surface area (Å²) in [7, 11) is 4.96. The number of amides is 3. The van der Waals surface area contributed by atoms with Crippen LogP contribution in [0.2, 0.25) is 0 Å². The van der Waals surface area contributed by atoms with E-state index >= 15 is 0 Å². The van der Waals surface area contributed by atoms with E-state index in [2.05, 4.69) is 10.6 Å². The lowest BCUT2D eigenvalue weighted by Crippen LogP contribution is -2.29. The molecule has 0 heterocycles. The van der Waals surface area contributed by atoms with Crippen molar-refractivity contribution in [2.24, 2.45) is 0 Å². The van der Waals surface area contributed by atoms with Gasteiger partial charge < -0.3 is 20.3 Å². The minimum atomic E-state index is -0.453. The molecule has 2 rings (SSSR count). The first-order chi connectivity index (χ1) is 13.8. The molecule has 0 saturated heterocycles. The Labute approximate surface area is 174 Å². The second-order valence-corrected chi connectivity index (χ2v) is 7.59. The molecule has 8 heteroatoms. The average Bonchev–Trinajstić information content (AvgIpc) is 2.68. The summed E-state index contributed by atoms with van der Waals surface area (Å²) in [4.78, 5) is 38.1. The van der Waals surface area contributed by atoms with E-state index < -0.39 is 6.04 Å². The smallest absolute Gasteiger partial charge is 0.285 e. The van der Waals surface area contributed by atoms with Crippen LogP contribution >= 0.6 is 11.8 Å². The fourth-order valence-corrected chi connectivity index (χ4v) is 3.19. The fraction of sp³-hybridized carbons (Fsp3) is 0.286. The van der Waals surface area contributed by atoms with Gasteiger partial charge in [0.15, 0.2) is 0 Å². The van der Waals surface area contributed by atoms with Gasteiger partial charge in [-0.1, -0.05) is 12.1 Å². The standard InChI is InChI=1S/C21H25N3O4S/c1-14(25)22-19(15-5-9-17(28-4)10-6-15)13-20(26)23-16-7-11-18(12-8-16)29-21(27)24(2)3/h5-12,19H,13H2,1-4H3,(H,22,25)(H,23,26). The van der Waals surface area contributed by atoms with Gasteiger partial charge in [0.25, 0.3) is 5.24 Å². The van der Waals surface area contributed by atoms with Crippen LogP contribution in [0.25, 0.3) is 0 Å². The quantitative estimate of drug-likeness (QED) is 0.674. The maximum absolute atomic E-state index is 12.5. The molecule has 0 spiro atoms. The summed E-state index contributed by atoms with van der Waals surface area (Å²) in [6.45, 7) is 1.42. The van der Waals surface area contributed by atoms with Crippen LogP contribution in [0.3, 0.4) is 0 Å². The monoisotopic (exact) mass is 415 g/mol. The number of nitrogens with zero attached hydrogens (tertiary/aromatic N) is 1. The van der Waals surface area contributed by atoms with Crippen molar-refractivity contribution in [2.75, 3.05) is 26.5 Å². The summed E-state index contributed by atoms with van der Waals surface area (Å²) in [6.07, 6.45) is 0.0848. The second kappa shape index (κ2) is 10.5. The number of nitrogens with one attached hydrogen (secondary N) is 2. The summed E-state index contributed by atoms with van der Waals surface area (Å²) in [5, 5.41) is 5.56. The number of ether oxygens (including phenoxy) is 1. The lowest BCUT2D eigenvalue weighted by atomic mass is 10.0. The van der Waals surface area contributed by atoms with Crippen molar-refractivity contribution < 1.29 is 19.1 Å². The van der Waals surface area contributed by atoms with Crippen LogP contribution in [0.1, 0.15) is 24.9 Å². The highest BCUT2D eigenvalue weighted by molar-refractivity contribution is 8.13. The van der Waals surface area contributed by atoms with Gasteiger partial charge in [-0.25, -0.2) is 0 Å². The van der Waals surface area contributed by atoms with Crippen molar-refractivity contribution >= 4 is 34.5 Å². The van der Waals surface area contributed by atoms with Gasteiger partial charge in [-0.3, -0.25) is 14.4 Å². The maximum Gasteiger partial charge on any atom is 0.285 e. The number of anilines is 1. The lowest BCUT2D eigenvalue weighted by Gasteiger charge is -2.18. The molecule has 2 N–H and O–H groups in total. The zero-order valence-corrected chi connectivity index (χ0v) is 17.7. The first-order valence-electron chi connectivity index (χ1n) is 8.98. The number of hydrogen-bond acceptors (Lipinski definition) is 5. The normalized spacial score (nSPS) is 11.3. The van der Waals surface area contributed by atoms with E-state index in [4.69, 9.17) is 4.74 Å². The summed E-state index contributed by atoms with van der Waals surface area (Å²) in [5.41, 5.74) is 1.43. The molecule has 0 aliphatic carbocycles. The zero-order valence-electron chi connectivity index (χ0n) is 16.9. The molecule has 2 aromatic rings. The Balaban J connectivity index is 2.01. The van der Waals surface area contributed by atoms with Crippen LogP contribution in [0.15, 0.2) is 53.4 Å². The predicted octanol–water partition coefficient (Wildman–Crippen LogP) is 3.67. The molecule has 1 atom stereocenters. The predicted molar refractivity (Wildman–Crippen MR) is 114 cm³/mol. The number of methoxy groups -OCH3 is 1. The van der Waals surface area contributed by atoms with Crippen molar-refractivity contribution in [3.63, 3.8) is 0 Å². The van der Waals surface area contributed by atoms with Crippen molar-refractivity contribution in [3.8, 4) is 5.75 Å². The third kappa shape index (κ3) is 7.15. The zero-order chi connectivity index (χ0) is 21.4. The van der Waals surface area contributed by atoms with E-state index in [1.807, 2.05) is 12.1 Å². The molecule has 0 aliphatic rings. The third-order valence-corrected chi connectivity index (χ3v) is 5.04. The maximum atomic E-state index is 12.5. The van der Waals surface area contributed by atoms with Crippen LogP contribution in [-0.4, -0.2) is 43.2 Å². The third-order valence-electron chi connectivity index (χ3n) is 3.99. The molecule has 0 aliphatic heterocycles. The Morgan fingerprint density at radius 2 is 1.66 bits per heavy atom. The topological polar surface area (TPSA) is 87.7 Å².